The van der Waals surface area contributed by atoms with Crippen molar-refractivity contribution in [2.75, 3.05) is 38.2 Å². The van der Waals surface area contributed by atoms with E-state index in [-0.39, 0.29) is 23.5 Å². The molecular formula is C30H33N3O2. The Hall–Kier alpha value is -2.47. The molecule has 5 aliphatic heterocycles. The monoisotopic (exact) mass is 467 g/mol. The van der Waals surface area contributed by atoms with Crippen molar-refractivity contribution < 1.29 is 9.53 Å². The normalized spacial score (nSPS) is 37.1. The van der Waals surface area contributed by atoms with Gasteiger partial charge in [-0.25, -0.2) is 0 Å². The zero-order valence-corrected chi connectivity index (χ0v) is 20.3. The number of benzene rings is 2. The van der Waals surface area contributed by atoms with Crippen LogP contribution in [0.2, 0.25) is 0 Å². The minimum Gasteiger partial charge on any atom is -0.373 e. The van der Waals surface area contributed by atoms with Gasteiger partial charge in [-0.3, -0.25) is 9.69 Å². The molecule has 8 rings (SSSR count). The van der Waals surface area contributed by atoms with Crippen LogP contribution in [0.15, 0.2) is 60.2 Å². The van der Waals surface area contributed by atoms with Crippen molar-refractivity contribution in [3.63, 3.8) is 0 Å². The van der Waals surface area contributed by atoms with Gasteiger partial charge >= 0.3 is 0 Å². The van der Waals surface area contributed by atoms with E-state index >= 15 is 0 Å². The van der Waals surface area contributed by atoms with E-state index in [1.54, 1.807) is 5.57 Å². The van der Waals surface area contributed by atoms with Crippen molar-refractivity contribution in [3.8, 4) is 0 Å². The molecule has 180 valence electrons. The number of carbonyl (C=O) groups excluding carboxylic acids is 1. The molecule has 2 bridgehead atoms. The number of ether oxygens (including phenoxy) is 1. The highest BCUT2D eigenvalue weighted by molar-refractivity contribution is 5.99. The van der Waals surface area contributed by atoms with E-state index < -0.39 is 0 Å². The number of hydrogen-bond donors (Lipinski definition) is 1. The van der Waals surface area contributed by atoms with Crippen LogP contribution in [0.3, 0.4) is 0 Å². The zero-order valence-electron chi connectivity index (χ0n) is 20.3. The summed E-state index contributed by atoms with van der Waals surface area (Å²) in [4.78, 5) is 18.7. The maximum atomic E-state index is 13.7. The van der Waals surface area contributed by atoms with Crippen LogP contribution in [-0.4, -0.2) is 62.3 Å². The van der Waals surface area contributed by atoms with Crippen molar-refractivity contribution >= 4 is 11.6 Å². The predicted molar refractivity (Wildman–Crippen MR) is 136 cm³/mol. The molecule has 1 N–H and O–H groups in total. The molecule has 2 aromatic rings. The number of anilines is 1. The van der Waals surface area contributed by atoms with Gasteiger partial charge in [0.1, 0.15) is 0 Å². The number of nitrogens with zero attached hydrogens (tertiary/aromatic N) is 2. The summed E-state index contributed by atoms with van der Waals surface area (Å²) >= 11 is 0. The highest BCUT2D eigenvalue weighted by Gasteiger charge is 2.71. The molecule has 3 saturated heterocycles. The molecule has 35 heavy (non-hydrogen) atoms. The summed E-state index contributed by atoms with van der Waals surface area (Å²) in [6.45, 7) is 3.78. The Morgan fingerprint density at radius 3 is 2.91 bits per heavy atom. The Morgan fingerprint density at radius 1 is 1.17 bits per heavy atom. The summed E-state index contributed by atoms with van der Waals surface area (Å²) in [7, 11) is 2.04. The van der Waals surface area contributed by atoms with Gasteiger partial charge in [-0.2, -0.15) is 0 Å². The van der Waals surface area contributed by atoms with Gasteiger partial charge in [-0.05, 0) is 55.1 Å². The average molecular weight is 468 g/mol. The SMILES string of the molecule is CNCC(c1ccccc1)c1ccc2c(c1)[C@@]13CCN4CC5=CCO[C@H]6CC(=O)N2[C@H]1[C@H]6[C@H]5C[C@H]43. The van der Waals surface area contributed by atoms with E-state index in [9.17, 15) is 4.79 Å². The first-order valence-electron chi connectivity index (χ1n) is 13.4. The van der Waals surface area contributed by atoms with Crippen LogP contribution in [0.5, 0.6) is 0 Å². The van der Waals surface area contributed by atoms with E-state index in [2.05, 4.69) is 69.7 Å². The molecule has 1 spiro atoms. The molecule has 7 atom stereocenters. The van der Waals surface area contributed by atoms with Crippen LogP contribution in [0.25, 0.3) is 0 Å². The van der Waals surface area contributed by atoms with Gasteiger partial charge in [0.2, 0.25) is 5.91 Å². The number of fused-ring (bicyclic) bond motifs is 2. The van der Waals surface area contributed by atoms with Crippen molar-refractivity contribution in [3.05, 3.63) is 76.9 Å². The minimum absolute atomic E-state index is 0.0287. The molecule has 1 amide bonds. The summed E-state index contributed by atoms with van der Waals surface area (Å²) in [5.41, 5.74) is 6.93. The average Bonchev–Trinajstić information content (AvgIpc) is 3.35. The van der Waals surface area contributed by atoms with Gasteiger partial charge in [-0.15, -0.1) is 0 Å². The van der Waals surface area contributed by atoms with Gasteiger partial charge in [0.15, 0.2) is 0 Å². The fourth-order valence-electron chi connectivity index (χ4n) is 9.10. The zero-order chi connectivity index (χ0) is 23.3. The standard InChI is InChI=1S/C30H33N3O2/c1-31-16-22(18-5-3-2-4-6-18)19-7-8-24-23(13-19)30-10-11-32-17-20-9-12-35-25-15-27(34)33(24)29(30)28(25)21(20)14-26(30)32/h2-9,13,21-22,25-26,28-29,31H,10-12,14-17H2,1H3/t21-,22?,25-,26-,28-,29-,30+/m0/s1. The van der Waals surface area contributed by atoms with Crippen LogP contribution >= 0.6 is 0 Å². The Bertz CT molecular complexity index is 1240. The van der Waals surface area contributed by atoms with Gasteiger partial charge in [-0.1, -0.05) is 54.1 Å². The second kappa shape index (κ2) is 7.28. The molecule has 1 aliphatic carbocycles. The molecule has 5 heteroatoms. The molecular weight excluding hydrogens is 434 g/mol. The van der Waals surface area contributed by atoms with Crippen molar-refractivity contribution in [1.82, 2.24) is 10.2 Å². The van der Waals surface area contributed by atoms with Crippen molar-refractivity contribution in [2.45, 2.75) is 48.8 Å². The molecule has 5 nitrogen and oxygen atoms in total. The second-order valence-corrected chi connectivity index (χ2v) is 11.6. The summed E-state index contributed by atoms with van der Waals surface area (Å²) in [6.07, 6.45) is 5.30. The molecule has 1 saturated carbocycles. The summed E-state index contributed by atoms with van der Waals surface area (Å²) in [5, 5.41) is 3.43. The molecule has 1 unspecified atom stereocenters. The molecule has 2 aromatic carbocycles. The number of carbonyl (C=O) groups is 1. The molecule has 5 heterocycles. The fraction of sp³-hybridized carbons (Fsp3) is 0.500. The highest BCUT2D eigenvalue weighted by atomic mass is 16.5. The van der Waals surface area contributed by atoms with Gasteiger partial charge in [0.25, 0.3) is 0 Å². The topological polar surface area (TPSA) is 44.8 Å². The Labute approximate surface area is 207 Å². The Balaban J connectivity index is 1.32. The lowest BCUT2D eigenvalue weighted by Crippen LogP contribution is -2.69. The highest BCUT2D eigenvalue weighted by Crippen LogP contribution is 2.65. The largest absolute Gasteiger partial charge is 0.373 e. The second-order valence-electron chi connectivity index (χ2n) is 11.6. The third kappa shape index (κ3) is 2.57. The summed E-state index contributed by atoms with van der Waals surface area (Å²) in [5.74, 6) is 1.53. The van der Waals surface area contributed by atoms with Gasteiger partial charge in [0.05, 0.1) is 25.2 Å². The molecule has 6 aliphatic rings. The Morgan fingerprint density at radius 2 is 2.06 bits per heavy atom. The lowest BCUT2D eigenvalue weighted by Gasteiger charge is -2.58. The van der Waals surface area contributed by atoms with Crippen LogP contribution in [-0.2, 0) is 14.9 Å². The van der Waals surface area contributed by atoms with E-state index in [1.807, 2.05) is 7.05 Å². The quantitative estimate of drug-likeness (QED) is 0.700. The lowest BCUT2D eigenvalue weighted by molar-refractivity contribution is -0.132. The molecule has 0 aromatic heterocycles. The van der Waals surface area contributed by atoms with E-state index in [4.69, 9.17) is 4.74 Å². The number of nitrogens with one attached hydrogen (secondary N) is 1. The van der Waals surface area contributed by atoms with Crippen molar-refractivity contribution in [2.24, 2.45) is 11.8 Å². The van der Waals surface area contributed by atoms with E-state index in [0.29, 0.717) is 36.8 Å². The van der Waals surface area contributed by atoms with Gasteiger partial charge in [0, 0.05) is 42.1 Å². The smallest absolute Gasteiger partial charge is 0.229 e. The number of amides is 1. The van der Waals surface area contributed by atoms with Crippen molar-refractivity contribution in [1.29, 1.82) is 0 Å². The van der Waals surface area contributed by atoms with Gasteiger partial charge < -0.3 is 15.0 Å². The first kappa shape index (κ1) is 20.7. The summed E-state index contributed by atoms with van der Waals surface area (Å²) < 4.78 is 6.39. The number of rotatable bonds is 4. The van der Waals surface area contributed by atoms with E-state index in [1.165, 1.54) is 28.8 Å². The fourth-order valence-corrected chi connectivity index (χ4v) is 9.10. The van der Waals surface area contributed by atoms with Crippen LogP contribution in [0, 0.1) is 11.8 Å². The third-order valence-electron chi connectivity index (χ3n) is 10.3. The first-order valence-corrected chi connectivity index (χ1v) is 13.4. The number of piperidine rings is 2. The lowest BCUT2D eigenvalue weighted by atomic mass is 9.53. The number of likely N-dealkylation sites (N-methyl/N-ethyl adjacent to an activating group) is 1. The van der Waals surface area contributed by atoms with Crippen LogP contribution < -0.4 is 10.2 Å². The minimum atomic E-state index is 0.0287. The Kier molecular flexibility index (Phi) is 4.31. The van der Waals surface area contributed by atoms with E-state index in [0.717, 1.165) is 26.1 Å². The molecule has 4 fully saturated rings. The third-order valence-corrected chi connectivity index (χ3v) is 10.3. The first-order chi connectivity index (χ1) is 17.2. The van der Waals surface area contributed by atoms with Crippen LogP contribution in [0.1, 0.15) is 41.9 Å². The predicted octanol–water partition coefficient (Wildman–Crippen LogP) is 3.44. The molecule has 0 radical (unpaired) electrons. The maximum Gasteiger partial charge on any atom is 0.229 e. The maximum absolute atomic E-state index is 13.7. The van der Waals surface area contributed by atoms with Crippen LogP contribution in [0.4, 0.5) is 5.69 Å². The summed E-state index contributed by atoms with van der Waals surface area (Å²) in [6, 6.07) is 18.7. The number of hydrogen-bond acceptors (Lipinski definition) is 4.